The third-order valence-corrected chi connectivity index (χ3v) is 3.38. The Morgan fingerprint density at radius 2 is 2.29 bits per heavy atom. The first kappa shape index (κ1) is 12.5. The van der Waals surface area contributed by atoms with E-state index in [-0.39, 0.29) is 6.10 Å². The van der Waals surface area contributed by atoms with Gasteiger partial charge < -0.3 is 14.6 Å². The summed E-state index contributed by atoms with van der Waals surface area (Å²) in [7, 11) is 3.66. The minimum Gasteiger partial charge on any atom is -0.373 e. The van der Waals surface area contributed by atoms with Gasteiger partial charge >= 0.3 is 0 Å². The molecule has 0 bridgehead atoms. The van der Waals surface area contributed by atoms with Crippen LogP contribution >= 0.6 is 0 Å². The molecule has 96 valence electrons. The zero-order chi connectivity index (χ0) is 12.3. The number of hydrogen-bond acceptors (Lipinski definition) is 5. The van der Waals surface area contributed by atoms with Crippen LogP contribution in [0.25, 0.3) is 0 Å². The van der Waals surface area contributed by atoms with Gasteiger partial charge in [-0.15, -0.1) is 0 Å². The molecule has 0 amide bonds. The SMILES string of the molecule is CCC(OC)c1noc(CC(NC)C2CC2)n1. The zero-order valence-electron chi connectivity index (χ0n) is 10.8. The van der Waals surface area contributed by atoms with Gasteiger partial charge in [0.15, 0.2) is 0 Å². The lowest BCUT2D eigenvalue weighted by Crippen LogP contribution is -2.29. The third kappa shape index (κ3) is 3.04. The smallest absolute Gasteiger partial charge is 0.228 e. The molecule has 1 aromatic heterocycles. The van der Waals surface area contributed by atoms with Gasteiger partial charge in [0.05, 0.1) is 0 Å². The van der Waals surface area contributed by atoms with Gasteiger partial charge in [-0.25, -0.2) is 0 Å². The van der Waals surface area contributed by atoms with Crippen molar-refractivity contribution in [2.75, 3.05) is 14.2 Å². The molecule has 1 aliphatic carbocycles. The van der Waals surface area contributed by atoms with Crippen molar-refractivity contribution in [3.63, 3.8) is 0 Å². The second-order valence-electron chi connectivity index (χ2n) is 4.62. The molecule has 5 nitrogen and oxygen atoms in total. The Labute approximate surface area is 102 Å². The molecule has 0 spiro atoms. The summed E-state index contributed by atoms with van der Waals surface area (Å²) in [5.74, 6) is 2.15. The molecule has 2 atom stereocenters. The number of nitrogens with zero attached hydrogens (tertiary/aromatic N) is 2. The van der Waals surface area contributed by atoms with E-state index >= 15 is 0 Å². The molecular formula is C12H21N3O2. The summed E-state index contributed by atoms with van der Waals surface area (Å²) in [6.07, 6.45) is 4.23. The first-order chi connectivity index (χ1) is 8.28. The summed E-state index contributed by atoms with van der Waals surface area (Å²) in [6.45, 7) is 2.05. The van der Waals surface area contributed by atoms with Gasteiger partial charge in [0.25, 0.3) is 0 Å². The zero-order valence-corrected chi connectivity index (χ0v) is 10.8. The molecule has 1 aliphatic rings. The van der Waals surface area contributed by atoms with Crippen molar-refractivity contribution in [1.29, 1.82) is 0 Å². The molecular weight excluding hydrogens is 218 g/mol. The molecule has 1 heterocycles. The first-order valence-electron chi connectivity index (χ1n) is 6.31. The summed E-state index contributed by atoms with van der Waals surface area (Å²) >= 11 is 0. The molecule has 2 rings (SSSR count). The number of nitrogens with one attached hydrogen (secondary N) is 1. The van der Waals surface area contributed by atoms with Crippen LogP contribution in [0, 0.1) is 5.92 Å². The summed E-state index contributed by atoms with van der Waals surface area (Å²) < 4.78 is 10.6. The van der Waals surface area contributed by atoms with Crippen molar-refractivity contribution in [3.8, 4) is 0 Å². The molecule has 1 fully saturated rings. The van der Waals surface area contributed by atoms with Crippen LogP contribution in [-0.2, 0) is 11.2 Å². The van der Waals surface area contributed by atoms with Gasteiger partial charge in [-0.05, 0) is 32.2 Å². The molecule has 0 aliphatic heterocycles. The number of aromatic nitrogens is 2. The average Bonchev–Trinajstić information content (AvgIpc) is 3.09. The van der Waals surface area contributed by atoms with Gasteiger partial charge in [-0.1, -0.05) is 12.1 Å². The Balaban J connectivity index is 1.97. The van der Waals surface area contributed by atoms with E-state index < -0.39 is 0 Å². The van der Waals surface area contributed by atoms with E-state index in [1.54, 1.807) is 7.11 Å². The van der Waals surface area contributed by atoms with Crippen molar-refractivity contribution in [2.45, 2.75) is 44.8 Å². The Morgan fingerprint density at radius 1 is 1.53 bits per heavy atom. The van der Waals surface area contributed by atoms with E-state index in [1.165, 1.54) is 12.8 Å². The lowest BCUT2D eigenvalue weighted by atomic mass is 10.1. The van der Waals surface area contributed by atoms with Crippen LogP contribution in [0.5, 0.6) is 0 Å². The fourth-order valence-electron chi connectivity index (χ4n) is 2.13. The van der Waals surface area contributed by atoms with Crippen LogP contribution in [0.4, 0.5) is 0 Å². The maximum Gasteiger partial charge on any atom is 0.228 e. The predicted molar refractivity (Wildman–Crippen MR) is 63.6 cm³/mol. The van der Waals surface area contributed by atoms with Crippen LogP contribution in [0.2, 0.25) is 0 Å². The van der Waals surface area contributed by atoms with Crippen LogP contribution in [-0.4, -0.2) is 30.3 Å². The second kappa shape index (κ2) is 5.60. The van der Waals surface area contributed by atoms with E-state index in [1.807, 2.05) is 14.0 Å². The number of hydrogen-bond donors (Lipinski definition) is 1. The standard InChI is InChI=1S/C12H21N3O2/c1-4-10(16-3)12-14-11(17-15-12)7-9(13-2)8-5-6-8/h8-10,13H,4-7H2,1-3H3. The first-order valence-corrected chi connectivity index (χ1v) is 6.31. The van der Waals surface area contributed by atoms with Crippen LogP contribution < -0.4 is 5.32 Å². The molecule has 1 saturated carbocycles. The van der Waals surface area contributed by atoms with Gasteiger partial charge in [-0.2, -0.15) is 4.98 Å². The maximum absolute atomic E-state index is 5.29. The number of methoxy groups -OCH3 is 1. The molecule has 0 aromatic carbocycles. The predicted octanol–water partition coefficient (Wildman–Crippen LogP) is 1.71. The summed E-state index contributed by atoms with van der Waals surface area (Å²) in [6, 6.07) is 0.464. The van der Waals surface area contributed by atoms with Crippen molar-refractivity contribution < 1.29 is 9.26 Å². The fraction of sp³-hybridized carbons (Fsp3) is 0.833. The van der Waals surface area contributed by atoms with Crippen LogP contribution in [0.3, 0.4) is 0 Å². The van der Waals surface area contributed by atoms with E-state index in [0.717, 1.165) is 18.8 Å². The Morgan fingerprint density at radius 3 is 2.82 bits per heavy atom. The Kier molecular flexibility index (Phi) is 4.12. The van der Waals surface area contributed by atoms with E-state index in [9.17, 15) is 0 Å². The van der Waals surface area contributed by atoms with E-state index in [4.69, 9.17) is 9.26 Å². The van der Waals surface area contributed by atoms with Crippen LogP contribution in [0.15, 0.2) is 4.52 Å². The van der Waals surface area contributed by atoms with Gasteiger partial charge in [0, 0.05) is 19.6 Å². The third-order valence-electron chi connectivity index (χ3n) is 3.38. The largest absolute Gasteiger partial charge is 0.373 e. The Bertz CT molecular complexity index is 345. The van der Waals surface area contributed by atoms with Crippen molar-refractivity contribution in [1.82, 2.24) is 15.5 Å². The van der Waals surface area contributed by atoms with Crippen molar-refractivity contribution >= 4 is 0 Å². The second-order valence-corrected chi connectivity index (χ2v) is 4.62. The van der Waals surface area contributed by atoms with E-state index in [2.05, 4.69) is 15.5 Å². The molecule has 1 N–H and O–H groups in total. The monoisotopic (exact) mass is 239 g/mol. The quantitative estimate of drug-likeness (QED) is 0.785. The normalized spacial score (nSPS) is 19.2. The number of rotatable bonds is 7. The number of likely N-dealkylation sites (N-methyl/N-ethyl adjacent to an activating group) is 1. The highest BCUT2D eigenvalue weighted by atomic mass is 16.5. The van der Waals surface area contributed by atoms with Crippen molar-refractivity contribution in [2.24, 2.45) is 5.92 Å². The number of ether oxygens (including phenoxy) is 1. The molecule has 17 heavy (non-hydrogen) atoms. The molecule has 1 aromatic rings. The summed E-state index contributed by atoms with van der Waals surface area (Å²) in [5.41, 5.74) is 0. The lowest BCUT2D eigenvalue weighted by Gasteiger charge is -2.11. The highest BCUT2D eigenvalue weighted by Gasteiger charge is 2.31. The molecule has 0 radical (unpaired) electrons. The molecule has 5 heteroatoms. The van der Waals surface area contributed by atoms with Crippen molar-refractivity contribution in [3.05, 3.63) is 11.7 Å². The fourth-order valence-corrected chi connectivity index (χ4v) is 2.13. The highest BCUT2D eigenvalue weighted by Crippen LogP contribution is 2.33. The minimum absolute atomic E-state index is 0.0542. The van der Waals surface area contributed by atoms with E-state index in [0.29, 0.717) is 17.8 Å². The maximum atomic E-state index is 5.29. The summed E-state index contributed by atoms with van der Waals surface area (Å²) in [5, 5.41) is 7.31. The lowest BCUT2D eigenvalue weighted by molar-refractivity contribution is 0.0903. The minimum atomic E-state index is -0.0542. The average molecular weight is 239 g/mol. The van der Waals surface area contributed by atoms with Gasteiger partial charge in [0.1, 0.15) is 6.10 Å². The molecule has 0 saturated heterocycles. The van der Waals surface area contributed by atoms with Gasteiger partial charge in [0.2, 0.25) is 11.7 Å². The molecule has 2 unspecified atom stereocenters. The Hall–Kier alpha value is -0.940. The van der Waals surface area contributed by atoms with Gasteiger partial charge in [-0.3, -0.25) is 0 Å². The topological polar surface area (TPSA) is 60.2 Å². The van der Waals surface area contributed by atoms with Crippen LogP contribution in [0.1, 0.15) is 44.0 Å². The summed E-state index contributed by atoms with van der Waals surface area (Å²) in [4.78, 5) is 4.41. The highest BCUT2D eigenvalue weighted by molar-refractivity contribution is 4.96.